The van der Waals surface area contributed by atoms with Crippen LogP contribution in [0.3, 0.4) is 0 Å². The predicted octanol–water partition coefficient (Wildman–Crippen LogP) is 0.667. The Morgan fingerprint density at radius 2 is 2.23 bits per heavy atom. The van der Waals surface area contributed by atoms with Crippen LogP contribution < -0.4 is 5.73 Å². The summed E-state index contributed by atoms with van der Waals surface area (Å²) in [4.78, 5) is 4.11. The highest BCUT2D eigenvalue weighted by Gasteiger charge is 2.12. The first-order chi connectivity index (χ1) is 6.13. The molecule has 0 aromatic carbocycles. The zero-order valence-corrected chi connectivity index (χ0v) is 8.15. The molecular formula is C8H15N3O2. The van der Waals surface area contributed by atoms with Gasteiger partial charge in [-0.3, -0.25) is 0 Å². The summed E-state index contributed by atoms with van der Waals surface area (Å²) < 4.78 is 10.0. The lowest BCUT2D eigenvalue weighted by molar-refractivity contribution is 0.116. The number of methoxy groups -OCH3 is 1. The standard InChI is InChI=1S/C8H15N3O2/c1-5(12-3)4-7-10-8(6(2)9)13-11-7/h5-6H,4,9H2,1-3H3. The van der Waals surface area contributed by atoms with Crippen molar-refractivity contribution in [2.75, 3.05) is 7.11 Å². The third kappa shape index (κ3) is 2.78. The van der Waals surface area contributed by atoms with Crippen molar-refractivity contribution in [3.8, 4) is 0 Å². The Kier molecular flexibility index (Phi) is 3.39. The molecule has 0 saturated heterocycles. The van der Waals surface area contributed by atoms with Gasteiger partial charge in [-0.1, -0.05) is 5.16 Å². The number of hydrogen-bond donors (Lipinski definition) is 1. The van der Waals surface area contributed by atoms with Gasteiger partial charge in [-0.25, -0.2) is 0 Å². The summed E-state index contributed by atoms with van der Waals surface area (Å²) in [6, 6.07) is -0.209. The fraction of sp³-hybridized carbons (Fsp3) is 0.750. The van der Waals surface area contributed by atoms with Crippen molar-refractivity contribution >= 4 is 0 Å². The van der Waals surface area contributed by atoms with E-state index < -0.39 is 0 Å². The van der Waals surface area contributed by atoms with Crippen LogP contribution in [-0.2, 0) is 11.2 Å². The molecule has 1 aromatic heterocycles. The average molecular weight is 185 g/mol. The molecule has 1 heterocycles. The molecule has 0 amide bonds. The van der Waals surface area contributed by atoms with Gasteiger partial charge in [0.25, 0.3) is 0 Å². The summed E-state index contributed by atoms with van der Waals surface area (Å²) in [5.41, 5.74) is 5.56. The number of nitrogens with two attached hydrogens (primary N) is 1. The summed E-state index contributed by atoms with van der Waals surface area (Å²) >= 11 is 0. The van der Waals surface area contributed by atoms with Crippen molar-refractivity contribution in [2.24, 2.45) is 5.73 Å². The van der Waals surface area contributed by atoms with E-state index in [2.05, 4.69) is 10.1 Å². The van der Waals surface area contributed by atoms with E-state index in [9.17, 15) is 0 Å². The number of nitrogens with zero attached hydrogens (tertiary/aromatic N) is 2. The second-order valence-electron chi connectivity index (χ2n) is 3.09. The Labute approximate surface area is 77.3 Å². The lowest BCUT2D eigenvalue weighted by atomic mass is 10.3. The Morgan fingerprint density at radius 1 is 1.54 bits per heavy atom. The maximum atomic E-state index is 5.56. The molecule has 0 spiro atoms. The Bertz CT molecular complexity index is 260. The van der Waals surface area contributed by atoms with Crippen LogP contribution in [-0.4, -0.2) is 23.4 Å². The van der Waals surface area contributed by atoms with Gasteiger partial charge in [0.1, 0.15) is 0 Å². The second-order valence-corrected chi connectivity index (χ2v) is 3.09. The van der Waals surface area contributed by atoms with Crippen LogP contribution in [0.25, 0.3) is 0 Å². The molecule has 0 fully saturated rings. The molecule has 2 unspecified atom stereocenters. The highest BCUT2D eigenvalue weighted by Crippen LogP contribution is 2.07. The van der Waals surface area contributed by atoms with Gasteiger partial charge >= 0.3 is 0 Å². The number of rotatable bonds is 4. The molecular weight excluding hydrogens is 170 g/mol. The lowest BCUT2D eigenvalue weighted by Crippen LogP contribution is -2.10. The summed E-state index contributed by atoms with van der Waals surface area (Å²) in [6.07, 6.45) is 0.741. The highest BCUT2D eigenvalue weighted by atomic mass is 16.5. The maximum Gasteiger partial charge on any atom is 0.243 e. The summed E-state index contributed by atoms with van der Waals surface area (Å²) in [5.74, 6) is 1.11. The minimum Gasteiger partial charge on any atom is -0.381 e. The Balaban J connectivity index is 2.58. The molecule has 74 valence electrons. The van der Waals surface area contributed by atoms with Crippen molar-refractivity contribution in [2.45, 2.75) is 32.4 Å². The fourth-order valence-corrected chi connectivity index (χ4v) is 0.876. The zero-order valence-electron chi connectivity index (χ0n) is 8.15. The van der Waals surface area contributed by atoms with E-state index >= 15 is 0 Å². The first kappa shape index (κ1) is 10.1. The smallest absolute Gasteiger partial charge is 0.243 e. The lowest BCUT2D eigenvalue weighted by Gasteiger charge is -2.04. The Hall–Kier alpha value is -0.940. The van der Waals surface area contributed by atoms with Gasteiger partial charge in [-0.2, -0.15) is 4.98 Å². The molecule has 2 N–H and O–H groups in total. The SMILES string of the molecule is COC(C)Cc1noc(C(C)N)n1. The maximum absolute atomic E-state index is 5.56. The van der Waals surface area contributed by atoms with Crippen LogP contribution in [0.4, 0.5) is 0 Å². The largest absolute Gasteiger partial charge is 0.381 e. The first-order valence-corrected chi connectivity index (χ1v) is 4.24. The minimum absolute atomic E-state index is 0.0959. The van der Waals surface area contributed by atoms with Crippen molar-refractivity contribution in [1.29, 1.82) is 0 Å². The van der Waals surface area contributed by atoms with Gasteiger partial charge in [0.15, 0.2) is 5.82 Å². The summed E-state index contributed by atoms with van der Waals surface area (Å²) in [7, 11) is 1.65. The van der Waals surface area contributed by atoms with Gasteiger partial charge in [-0.15, -0.1) is 0 Å². The number of ether oxygens (including phenoxy) is 1. The monoisotopic (exact) mass is 185 g/mol. The van der Waals surface area contributed by atoms with Crippen molar-refractivity contribution < 1.29 is 9.26 Å². The summed E-state index contributed by atoms with van der Waals surface area (Å²) in [6.45, 7) is 3.75. The van der Waals surface area contributed by atoms with E-state index in [1.165, 1.54) is 0 Å². The third-order valence-electron chi connectivity index (χ3n) is 1.75. The first-order valence-electron chi connectivity index (χ1n) is 4.24. The molecule has 1 aromatic rings. The molecule has 13 heavy (non-hydrogen) atoms. The van der Waals surface area contributed by atoms with Crippen molar-refractivity contribution in [3.63, 3.8) is 0 Å². The van der Waals surface area contributed by atoms with E-state index in [1.54, 1.807) is 14.0 Å². The molecule has 0 saturated carbocycles. The van der Waals surface area contributed by atoms with E-state index in [-0.39, 0.29) is 12.1 Å². The molecule has 0 aliphatic rings. The van der Waals surface area contributed by atoms with Gasteiger partial charge < -0.3 is 15.0 Å². The number of hydrogen-bond acceptors (Lipinski definition) is 5. The molecule has 1 rings (SSSR count). The van der Waals surface area contributed by atoms with Crippen LogP contribution in [0.15, 0.2) is 4.52 Å². The molecule has 0 radical (unpaired) electrons. The topological polar surface area (TPSA) is 74.2 Å². The normalized spacial score (nSPS) is 15.7. The van der Waals surface area contributed by atoms with E-state index in [4.69, 9.17) is 15.0 Å². The molecule has 5 nitrogen and oxygen atoms in total. The minimum atomic E-state index is -0.209. The van der Waals surface area contributed by atoms with Crippen LogP contribution in [0.1, 0.15) is 31.6 Å². The zero-order chi connectivity index (χ0) is 9.84. The second kappa shape index (κ2) is 4.34. The summed E-state index contributed by atoms with van der Waals surface area (Å²) in [5, 5.41) is 3.78. The van der Waals surface area contributed by atoms with Gasteiger partial charge in [-0.05, 0) is 13.8 Å². The van der Waals surface area contributed by atoms with Crippen LogP contribution in [0.2, 0.25) is 0 Å². The predicted molar refractivity (Wildman–Crippen MR) is 47.1 cm³/mol. The van der Waals surface area contributed by atoms with Crippen molar-refractivity contribution in [1.82, 2.24) is 10.1 Å². The van der Waals surface area contributed by atoms with E-state index in [0.717, 1.165) is 0 Å². The van der Waals surface area contributed by atoms with Crippen molar-refractivity contribution in [3.05, 3.63) is 11.7 Å². The molecule has 0 aliphatic carbocycles. The van der Waals surface area contributed by atoms with E-state index in [0.29, 0.717) is 18.1 Å². The Morgan fingerprint density at radius 3 is 2.69 bits per heavy atom. The number of aromatic nitrogens is 2. The van der Waals surface area contributed by atoms with Gasteiger partial charge in [0.05, 0.1) is 12.1 Å². The highest BCUT2D eigenvalue weighted by molar-refractivity contribution is 4.91. The van der Waals surface area contributed by atoms with Crippen LogP contribution >= 0.6 is 0 Å². The third-order valence-corrected chi connectivity index (χ3v) is 1.75. The average Bonchev–Trinajstić information content (AvgIpc) is 2.52. The van der Waals surface area contributed by atoms with Crippen LogP contribution in [0.5, 0.6) is 0 Å². The quantitative estimate of drug-likeness (QED) is 0.746. The molecule has 2 atom stereocenters. The molecule has 0 aliphatic heterocycles. The van der Waals surface area contributed by atoms with Gasteiger partial charge in [0.2, 0.25) is 5.89 Å². The van der Waals surface area contributed by atoms with Crippen LogP contribution in [0, 0.1) is 0 Å². The molecule has 0 bridgehead atoms. The van der Waals surface area contributed by atoms with Gasteiger partial charge in [0, 0.05) is 13.5 Å². The fourth-order valence-electron chi connectivity index (χ4n) is 0.876. The molecule has 5 heteroatoms. The van der Waals surface area contributed by atoms with E-state index in [1.807, 2.05) is 6.92 Å².